The van der Waals surface area contributed by atoms with Crippen LogP contribution in [0.3, 0.4) is 0 Å². The maximum absolute atomic E-state index is 11.9. The van der Waals surface area contributed by atoms with Crippen LogP contribution in [-0.4, -0.2) is 50.6 Å². The molecule has 28 heavy (non-hydrogen) atoms. The standard InChI is InChI=1S/C22H30N4O2/c1-5-23-22(24-13-14-28-20-8-6-7-17(2)15-20)25-16-18-9-11-19(12-10-18)21(27)26(3)4/h6-12,15H,5,13-14,16H2,1-4H3,(H2,23,24,25). The predicted octanol–water partition coefficient (Wildman–Crippen LogP) is 2.83. The molecule has 2 aromatic carbocycles. The molecule has 150 valence electrons. The number of aryl methyl sites for hydroxylation is 1. The molecule has 2 aromatic rings. The molecule has 0 aromatic heterocycles. The van der Waals surface area contributed by atoms with E-state index in [0.29, 0.717) is 25.3 Å². The highest BCUT2D eigenvalue weighted by atomic mass is 16.5. The molecule has 0 radical (unpaired) electrons. The van der Waals surface area contributed by atoms with Crippen LogP contribution in [-0.2, 0) is 6.54 Å². The van der Waals surface area contributed by atoms with Gasteiger partial charge in [0.25, 0.3) is 5.91 Å². The average Bonchev–Trinajstić information content (AvgIpc) is 2.69. The number of benzene rings is 2. The van der Waals surface area contributed by atoms with Gasteiger partial charge < -0.3 is 20.3 Å². The number of rotatable bonds is 8. The summed E-state index contributed by atoms with van der Waals surface area (Å²) in [5, 5.41) is 6.50. The van der Waals surface area contributed by atoms with Crippen molar-refractivity contribution in [3.63, 3.8) is 0 Å². The molecular formula is C22H30N4O2. The fourth-order valence-electron chi connectivity index (χ4n) is 2.57. The number of hydrogen-bond donors (Lipinski definition) is 2. The summed E-state index contributed by atoms with van der Waals surface area (Å²) in [6, 6.07) is 15.5. The van der Waals surface area contributed by atoms with Crippen LogP contribution >= 0.6 is 0 Å². The lowest BCUT2D eigenvalue weighted by Crippen LogP contribution is -2.39. The highest BCUT2D eigenvalue weighted by Gasteiger charge is 2.07. The number of aliphatic imine (C=N–C) groups is 1. The van der Waals surface area contributed by atoms with Crippen molar-refractivity contribution in [2.75, 3.05) is 33.8 Å². The number of ether oxygens (including phenoxy) is 1. The molecule has 0 fully saturated rings. The van der Waals surface area contributed by atoms with Gasteiger partial charge in [-0.3, -0.25) is 4.79 Å². The van der Waals surface area contributed by atoms with Crippen LogP contribution in [0.25, 0.3) is 0 Å². The molecule has 0 aliphatic heterocycles. The van der Waals surface area contributed by atoms with Gasteiger partial charge in [0, 0.05) is 26.2 Å². The van der Waals surface area contributed by atoms with Crippen LogP contribution < -0.4 is 15.4 Å². The van der Waals surface area contributed by atoms with Crippen molar-refractivity contribution in [2.24, 2.45) is 4.99 Å². The molecule has 0 spiro atoms. The summed E-state index contributed by atoms with van der Waals surface area (Å²) >= 11 is 0. The van der Waals surface area contributed by atoms with E-state index >= 15 is 0 Å². The third-order valence-corrected chi connectivity index (χ3v) is 4.02. The third kappa shape index (κ3) is 6.95. The Hall–Kier alpha value is -3.02. The molecule has 6 heteroatoms. The minimum absolute atomic E-state index is 0.00123. The maximum atomic E-state index is 11.9. The minimum atomic E-state index is -0.00123. The monoisotopic (exact) mass is 382 g/mol. The first-order valence-electron chi connectivity index (χ1n) is 9.52. The van der Waals surface area contributed by atoms with Crippen molar-refractivity contribution in [2.45, 2.75) is 20.4 Å². The summed E-state index contributed by atoms with van der Waals surface area (Å²) in [5.41, 5.74) is 2.90. The highest BCUT2D eigenvalue weighted by molar-refractivity contribution is 5.93. The van der Waals surface area contributed by atoms with Gasteiger partial charge in [-0.25, -0.2) is 4.99 Å². The number of amides is 1. The molecule has 2 rings (SSSR count). The lowest BCUT2D eigenvalue weighted by Gasteiger charge is -2.13. The molecule has 0 unspecified atom stereocenters. The third-order valence-electron chi connectivity index (χ3n) is 4.02. The zero-order valence-electron chi connectivity index (χ0n) is 17.2. The molecule has 0 atom stereocenters. The van der Waals surface area contributed by atoms with E-state index in [0.717, 1.165) is 23.8 Å². The molecule has 0 aliphatic carbocycles. The van der Waals surface area contributed by atoms with Crippen LogP contribution in [0, 0.1) is 6.92 Å². The van der Waals surface area contributed by atoms with Gasteiger partial charge in [0.15, 0.2) is 5.96 Å². The maximum Gasteiger partial charge on any atom is 0.253 e. The summed E-state index contributed by atoms with van der Waals surface area (Å²) < 4.78 is 5.75. The van der Waals surface area contributed by atoms with Crippen molar-refractivity contribution < 1.29 is 9.53 Å². The van der Waals surface area contributed by atoms with E-state index in [9.17, 15) is 4.79 Å². The van der Waals surface area contributed by atoms with E-state index in [1.807, 2.05) is 62.4 Å². The molecule has 0 heterocycles. The van der Waals surface area contributed by atoms with Gasteiger partial charge in [-0.15, -0.1) is 0 Å². The van der Waals surface area contributed by atoms with Gasteiger partial charge in [0.2, 0.25) is 0 Å². The van der Waals surface area contributed by atoms with Crippen molar-refractivity contribution >= 4 is 11.9 Å². The van der Waals surface area contributed by atoms with Gasteiger partial charge in [0.1, 0.15) is 12.4 Å². The highest BCUT2D eigenvalue weighted by Crippen LogP contribution is 2.11. The second-order valence-electron chi connectivity index (χ2n) is 6.68. The molecule has 0 aliphatic rings. The smallest absolute Gasteiger partial charge is 0.253 e. The summed E-state index contributed by atoms with van der Waals surface area (Å²) in [6.07, 6.45) is 0. The van der Waals surface area contributed by atoms with Crippen molar-refractivity contribution in [3.05, 3.63) is 65.2 Å². The van der Waals surface area contributed by atoms with Crippen LogP contribution in [0.4, 0.5) is 0 Å². The summed E-state index contributed by atoms with van der Waals surface area (Å²) in [4.78, 5) is 18.1. The molecule has 6 nitrogen and oxygen atoms in total. The fraction of sp³-hybridized carbons (Fsp3) is 0.364. The number of hydrogen-bond acceptors (Lipinski definition) is 3. The fourth-order valence-corrected chi connectivity index (χ4v) is 2.57. The van der Waals surface area contributed by atoms with E-state index in [-0.39, 0.29) is 5.91 Å². The van der Waals surface area contributed by atoms with Gasteiger partial charge in [-0.1, -0.05) is 24.3 Å². The van der Waals surface area contributed by atoms with Crippen LogP contribution in [0.1, 0.15) is 28.4 Å². The Labute approximate surface area is 167 Å². The normalized spacial score (nSPS) is 11.1. The quantitative estimate of drug-likeness (QED) is 0.419. The zero-order chi connectivity index (χ0) is 20.4. The Kier molecular flexibility index (Phi) is 8.34. The Bertz CT molecular complexity index is 785. The SMILES string of the molecule is CCNC(=NCc1ccc(C(=O)N(C)C)cc1)NCCOc1cccc(C)c1. The largest absolute Gasteiger partial charge is 0.492 e. The number of carbonyl (C=O) groups excluding carboxylic acids is 1. The predicted molar refractivity (Wildman–Crippen MR) is 114 cm³/mol. The lowest BCUT2D eigenvalue weighted by atomic mass is 10.1. The first-order valence-corrected chi connectivity index (χ1v) is 9.52. The topological polar surface area (TPSA) is 66.0 Å². The average molecular weight is 383 g/mol. The van der Waals surface area contributed by atoms with Crippen molar-refractivity contribution in [3.8, 4) is 5.75 Å². The van der Waals surface area contributed by atoms with E-state index in [2.05, 4.69) is 15.6 Å². The Morgan fingerprint density at radius 3 is 2.50 bits per heavy atom. The van der Waals surface area contributed by atoms with Gasteiger partial charge >= 0.3 is 0 Å². The van der Waals surface area contributed by atoms with E-state index in [1.165, 1.54) is 5.56 Å². The first kappa shape index (κ1) is 21.3. The molecular weight excluding hydrogens is 352 g/mol. The number of nitrogens with one attached hydrogen (secondary N) is 2. The van der Waals surface area contributed by atoms with Gasteiger partial charge in [-0.2, -0.15) is 0 Å². The first-order chi connectivity index (χ1) is 13.5. The number of nitrogens with zero attached hydrogens (tertiary/aromatic N) is 2. The van der Waals surface area contributed by atoms with E-state index < -0.39 is 0 Å². The van der Waals surface area contributed by atoms with Crippen LogP contribution in [0.15, 0.2) is 53.5 Å². The van der Waals surface area contributed by atoms with Crippen LogP contribution in [0.5, 0.6) is 5.75 Å². The van der Waals surface area contributed by atoms with Crippen molar-refractivity contribution in [1.29, 1.82) is 0 Å². The number of guanidine groups is 1. The van der Waals surface area contributed by atoms with Crippen molar-refractivity contribution in [1.82, 2.24) is 15.5 Å². The molecule has 1 amide bonds. The van der Waals surface area contributed by atoms with E-state index in [1.54, 1.807) is 19.0 Å². The molecule has 2 N–H and O–H groups in total. The lowest BCUT2D eigenvalue weighted by molar-refractivity contribution is 0.0827. The molecule has 0 saturated carbocycles. The van der Waals surface area contributed by atoms with Gasteiger partial charge in [-0.05, 0) is 49.2 Å². The summed E-state index contributed by atoms with van der Waals surface area (Å²) in [5.74, 6) is 1.61. The van der Waals surface area contributed by atoms with E-state index in [4.69, 9.17) is 4.74 Å². The number of carbonyl (C=O) groups is 1. The second-order valence-corrected chi connectivity index (χ2v) is 6.68. The van der Waals surface area contributed by atoms with Crippen LogP contribution in [0.2, 0.25) is 0 Å². The van der Waals surface area contributed by atoms with Gasteiger partial charge in [0.05, 0.1) is 13.1 Å². The Morgan fingerprint density at radius 1 is 1.11 bits per heavy atom. The zero-order valence-corrected chi connectivity index (χ0v) is 17.2. The second kappa shape index (κ2) is 11.0. The molecule has 0 bridgehead atoms. The minimum Gasteiger partial charge on any atom is -0.492 e. The summed E-state index contributed by atoms with van der Waals surface area (Å²) in [7, 11) is 3.50. The Balaban J connectivity index is 1.85. The summed E-state index contributed by atoms with van der Waals surface area (Å²) in [6.45, 7) is 6.59. The Morgan fingerprint density at radius 2 is 1.86 bits per heavy atom. The molecule has 0 saturated heterocycles.